The molecule has 0 amide bonds. The van der Waals surface area contributed by atoms with Crippen LogP contribution in [0.2, 0.25) is 0 Å². The highest BCUT2D eigenvalue weighted by Crippen LogP contribution is 2.65. The summed E-state index contributed by atoms with van der Waals surface area (Å²) in [7, 11) is 0. The number of nitrogens with zero attached hydrogens (tertiary/aromatic N) is 1. The summed E-state index contributed by atoms with van der Waals surface area (Å²) in [4.78, 5) is 16.6. The number of carbonyl (C=O) groups excluding carboxylic acids is 1. The minimum absolute atomic E-state index is 0.0287. The van der Waals surface area contributed by atoms with Gasteiger partial charge >= 0.3 is 5.97 Å². The largest absolute Gasteiger partial charge is 0.454 e. The molecule has 0 aromatic heterocycles. The first-order valence-corrected chi connectivity index (χ1v) is 6.70. The Bertz CT molecular complexity index is 412. The quantitative estimate of drug-likeness (QED) is 0.655. The summed E-state index contributed by atoms with van der Waals surface area (Å²) in [6.07, 6.45) is 3.07. The zero-order chi connectivity index (χ0) is 12.4. The first-order chi connectivity index (χ1) is 7.91. The molecule has 3 nitrogen and oxygen atoms in total. The van der Waals surface area contributed by atoms with E-state index in [-0.39, 0.29) is 28.9 Å². The van der Waals surface area contributed by atoms with Crippen molar-refractivity contribution < 1.29 is 9.53 Å². The van der Waals surface area contributed by atoms with Crippen LogP contribution in [0.4, 0.5) is 0 Å². The second kappa shape index (κ2) is 3.12. The van der Waals surface area contributed by atoms with Crippen LogP contribution in [0, 0.1) is 16.7 Å². The second-order valence-electron chi connectivity index (χ2n) is 6.49. The zero-order valence-corrected chi connectivity index (χ0v) is 11.1. The molecule has 0 saturated heterocycles. The van der Waals surface area contributed by atoms with Crippen LogP contribution in [-0.4, -0.2) is 23.8 Å². The number of ether oxygens (including phenoxy) is 1. The first-order valence-electron chi connectivity index (χ1n) is 6.70. The minimum atomic E-state index is -0.256. The van der Waals surface area contributed by atoms with E-state index in [0.29, 0.717) is 5.92 Å². The SMILES string of the molecule is CC[C@@H]1N=C2[C@H](OC1=O)[C@H]1CC[C@]2(C)C1(C)C. The minimum Gasteiger partial charge on any atom is -0.454 e. The Morgan fingerprint density at radius 2 is 2.12 bits per heavy atom. The monoisotopic (exact) mass is 235 g/mol. The highest BCUT2D eigenvalue weighted by Gasteiger charge is 2.67. The van der Waals surface area contributed by atoms with Gasteiger partial charge < -0.3 is 4.74 Å². The van der Waals surface area contributed by atoms with Gasteiger partial charge in [-0.1, -0.05) is 27.7 Å². The van der Waals surface area contributed by atoms with Gasteiger partial charge in [-0.3, -0.25) is 4.99 Å². The van der Waals surface area contributed by atoms with Gasteiger partial charge in [0.1, 0.15) is 12.1 Å². The molecule has 3 aliphatic rings. The molecular formula is C14H21NO2. The van der Waals surface area contributed by atoms with E-state index in [1.165, 1.54) is 12.1 Å². The third-order valence-corrected chi connectivity index (χ3v) is 5.70. The van der Waals surface area contributed by atoms with Gasteiger partial charge in [0.2, 0.25) is 0 Å². The predicted octanol–water partition coefficient (Wildman–Crippen LogP) is 2.59. The van der Waals surface area contributed by atoms with E-state index < -0.39 is 0 Å². The van der Waals surface area contributed by atoms with Crippen molar-refractivity contribution in [1.82, 2.24) is 0 Å². The maximum absolute atomic E-state index is 11.8. The van der Waals surface area contributed by atoms with Gasteiger partial charge in [-0.2, -0.15) is 0 Å². The van der Waals surface area contributed by atoms with Crippen LogP contribution in [0.15, 0.2) is 4.99 Å². The van der Waals surface area contributed by atoms with Gasteiger partial charge in [0.25, 0.3) is 0 Å². The van der Waals surface area contributed by atoms with Crippen LogP contribution < -0.4 is 0 Å². The molecule has 0 aromatic rings. The van der Waals surface area contributed by atoms with Crippen LogP contribution in [0.5, 0.6) is 0 Å². The molecule has 2 aliphatic carbocycles. The van der Waals surface area contributed by atoms with E-state index in [2.05, 4.69) is 20.8 Å². The molecule has 4 atom stereocenters. The fraction of sp³-hybridized carbons (Fsp3) is 0.857. The molecule has 0 N–H and O–H groups in total. The fourth-order valence-corrected chi connectivity index (χ4v) is 4.06. The Hall–Kier alpha value is -0.860. The lowest BCUT2D eigenvalue weighted by Gasteiger charge is -2.36. The second-order valence-corrected chi connectivity index (χ2v) is 6.49. The molecule has 0 aromatic carbocycles. The Labute approximate surface area is 103 Å². The molecule has 1 heterocycles. The van der Waals surface area contributed by atoms with Crippen molar-refractivity contribution in [1.29, 1.82) is 0 Å². The van der Waals surface area contributed by atoms with Crippen molar-refractivity contribution in [3.8, 4) is 0 Å². The smallest absolute Gasteiger partial charge is 0.331 e. The average molecular weight is 235 g/mol. The Balaban J connectivity index is 2.09. The third-order valence-electron chi connectivity index (χ3n) is 5.70. The van der Waals surface area contributed by atoms with Crippen LogP contribution in [-0.2, 0) is 9.53 Å². The molecule has 17 heavy (non-hydrogen) atoms. The van der Waals surface area contributed by atoms with Crippen LogP contribution in [0.3, 0.4) is 0 Å². The standard InChI is InChI=1S/C14H21NO2/c1-5-9-12(16)17-10-8-6-7-14(4,11(10)15-9)13(8,2)3/h8-10H,5-7H2,1-4H3/t8-,9+,10-,14+/m1/s1. The zero-order valence-electron chi connectivity index (χ0n) is 11.1. The fourth-order valence-electron chi connectivity index (χ4n) is 4.06. The van der Waals surface area contributed by atoms with Gasteiger partial charge in [-0.05, 0) is 24.7 Å². The molecule has 3 heteroatoms. The first kappa shape index (κ1) is 11.2. The van der Waals surface area contributed by atoms with Crippen molar-refractivity contribution in [2.75, 3.05) is 0 Å². The summed E-state index contributed by atoms with van der Waals surface area (Å²) in [5, 5.41) is 0. The number of rotatable bonds is 1. The van der Waals surface area contributed by atoms with Gasteiger partial charge in [0, 0.05) is 11.3 Å². The van der Waals surface area contributed by atoms with Gasteiger partial charge in [-0.25, -0.2) is 4.79 Å². The van der Waals surface area contributed by atoms with Gasteiger partial charge in [-0.15, -0.1) is 0 Å². The molecule has 0 radical (unpaired) electrons. The van der Waals surface area contributed by atoms with Crippen LogP contribution in [0.25, 0.3) is 0 Å². The van der Waals surface area contributed by atoms with Crippen molar-refractivity contribution >= 4 is 11.7 Å². The molecule has 94 valence electrons. The molecule has 0 spiro atoms. The number of fused-ring (bicyclic) bond motifs is 5. The molecule has 2 bridgehead atoms. The van der Waals surface area contributed by atoms with Crippen LogP contribution in [0.1, 0.15) is 47.0 Å². The number of esters is 1. The summed E-state index contributed by atoms with van der Waals surface area (Å²) < 4.78 is 5.68. The lowest BCUT2D eigenvalue weighted by atomic mass is 9.70. The lowest BCUT2D eigenvalue weighted by molar-refractivity contribution is -0.151. The maximum Gasteiger partial charge on any atom is 0.331 e. The number of hydrogen-bond donors (Lipinski definition) is 0. The van der Waals surface area contributed by atoms with Crippen molar-refractivity contribution in [3.05, 3.63) is 0 Å². The Morgan fingerprint density at radius 1 is 1.41 bits per heavy atom. The van der Waals surface area contributed by atoms with E-state index in [9.17, 15) is 4.79 Å². The highest BCUT2D eigenvalue weighted by molar-refractivity contribution is 6.02. The molecule has 0 unspecified atom stereocenters. The number of carbonyl (C=O) groups is 1. The van der Waals surface area contributed by atoms with E-state index in [1.54, 1.807) is 0 Å². The third kappa shape index (κ3) is 1.13. The van der Waals surface area contributed by atoms with Gasteiger partial charge in [0.05, 0.1) is 5.71 Å². The predicted molar refractivity (Wildman–Crippen MR) is 66.0 cm³/mol. The maximum atomic E-state index is 11.8. The molecular weight excluding hydrogens is 214 g/mol. The number of hydrogen-bond acceptors (Lipinski definition) is 3. The van der Waals surface area contributed by atoms with Crippen molar-refractivity contribution in [3.63, 3.8) is 0 Å². The summed E-state index contributed by atoms with van der Waals surface area (Å²) in [6, 6.07) is -0.256. The molecule has 1 aliphatic heterocycles. The highest BCUT2D eigenvalue weighted by atomic mass is 16.5. The summed E-state index contributed by atoms with van der Waals surface area (Å²) in [6.45, 7) is 8.91. The normalized spacial score (nSPS) is 46.5. The summed E-state index contributed by atoms with van der Waals surface area (Å²) >= 11 is 0. The van der Waals surface area contributed by atoms with E-state index in [1.807, 2.05) is 6.92 Å². The molecule has 3 rings (SSSR count). The number of aliphatic imine (C=N–C) groups is 1. The molecule has 2 saturated carbocycles. The van der Waals surface area contributed by atoms with E-state index in [0.717, 1.165) is 12.8 Å². The average Bonchev–Trinajstić information content (AvgIpc) is 2.58. The topological polar surface area (TPSA) is 38.7 Å². The van der Waals surface area contributed by atoms with E-state index in [4.69, 9.17) is 9.73 Å². The summed E-state index contributed by atoms with van der Waals surface area (Å²) in [5.74, 6) is 0.348. The van der Waals surface area contributed by atoms with E-state index >= 15 is 0 Å². The Morgan fingerprint density at radius 3 is 2.76 bits per heavy atom. The van der Waals surface area contributed by atoms with Crippen molar-refractivity contribution in [2.24, 2.45) is 21.7 Å². The van der Waals surface area contributed by atoms with Crippen LogP contribution >= 0.6 is 0 Å². The van der Waals surface area contributed by atoms with Crippen molar-refractivity contribution in [2.45, 2.75) is 59.1 Å². The summed E-state index contributed by atoms with van der Waals surface area (Å²) in [5.41, 5.74) is 1.51. The molecule has 2 fully saturated rings. The Kier molecular flexibility index (Phi) is 2.06. The van der Waals surface area contributed by atoms with Gasteiger partial charge in [0.15, 0.2) is 0 Å². The lowest BCUT2D eigenvalue weighted by Crippen LogP contribution is -2.44.